The first kappa shape index (κ1) is 11.6. The Hall–Kier alpha value is -2.49. The lowest BCUT2D eigenvalue weighted by molar-refractivity contribution is 0.197. The number of aromatic nitrogens is 1. The van der Waals surface area contributed by atoms with Gasteiger partial charge in [0.05, 0.1) is 11.7 Å². The molecule has 0 saturated carbocycles. The van der Waals surface area contributed by atoms with Gasteiger partial charge in [0.2, 0.25) is 0 Å². The maximum absolute atomic E-state index is 11.5. The van der Waals surface area contributed by atoms with Gasteiger partial charge in [-0.1, -0.05) is 0 Å². The number of nitrogens with one attached hydrogen (secondary N) is 1. The number of hydrogen-bond donors (Lipinski definition) is 2. The molecule has 2 amide bonds. The van der Waals surface area contributed by atoms with Crippen molar-refractivity contribution < 1.29 is 4.79 Å². The number of nitriles is 1. The van der Waals surface area contributed by atoms with E-state index < -0.39 is 0 Å². The van der Waals surface area contributed by atoms with Crippen LogP contribution in [0.1, 0.15) is 5.69 Å². The quantitative estimate of drug-likeness (QED) is 0.723. The molecule has 2 aliphatic heterocycles. The Balaban J connectivity index is 1.81. The van der Waals surface area contributed by atoms with Crippen LogP contribution in [-0.2, 0) is 0 Å². The molecule has 3 N–H and O–H groups in total. The highest BCUT2D eigenvalue weighted by Crippen LogP contribution is 2.21. The number of carbonyl (C=O) groups excluding carboxylic acids is 1. The van der Waals surface area contributed by atoms with Crippen molar-refractivity contribution in [2.75, 3.05) is 36.8 Å². The van der Waals surface area contributed by atoms with Gasteiger partial charge < -0.3 is 20.9 Å². The third-order valence-electron chi connectivity index (χ3n) is 3.57. The summed E-state index contributed by atoms with van der Waals surface area (Å²) in [5.74, 6) is 0.741. The van der Waals surface area contributed by atoms with E-state index in [4.69, 9.17) is 11.0 Å². The summed E-state index contributed by atoms with van der Waals surface area (Å²) < 4.78 is 0. The van der Waals surface area contributed by atoms with Crippen LogP contribution in [0.4, 0.5) is 16.3 Å². The van der Waals surface area contributed by atoms with Gasteiger partial charge in [0.15, 0.2) is 5.69 Å². The third-order valence-corrected chi connectivity index (χ3v) is 3.57. The molecule has 2 aliphatic rings. The molecule has 98 valence electrons. The fourth-order valence-electron chi connectivity index (χ4n) is 2.54. The van der Waals surface area contributed by atoms with Gasteiger partial charge >= 0.3 is 6.03 Å². The predicted octanol–water partition coefficient (Wildman–Crippen LogP) is -0.251. The lowest BCUT2D eigenvalue weighted by atomic mass is 10.2. The molecule has 0 aliphatic carbocycles. The molecule has 2 fully saturated rings. The van der Waals surface area contributed by atoms with Gasteiger partial charge in [-0.3, -0.25) is 0 Å². The fourth-order valence-corrected chi connectivity index (χ4v) is 2.54. The van der Waals surface area contributed by atoms with Gasteiger partial charge in [-0.2, -0.15) is 5.26 Å². The molecule has 7 heteroatoms. The highest BCUT2D eigenvalue weighted by molar-refractivity contribution is 5.77. The minimum Gasteiger partial charge on any atom is -0.396 e. The molecule has 1 atom stereocenters. The van der Waals surface area contributed by atoms with E-state index >= 15 is 0 Å². The van der Waals surface area contributed by atoms with Crippen LogP contribution >= 0.6 is 0 Å². The number of urea groups is 1. The summed E-state index contributed by atoms with van der Waals surface area (Å²) in [5, 5.41) is 11.8. The number of anilines is 2. The second-order valence-corrected chi connectivity index (χ2v) is 4.70. The Kier molecular flexibility index (Phi) is 2.63. The molecule has 0 radical (unpaired) electrons. The number of pyridine rings is 1. The number of piperazine rings is 1. The fraction of sp³-hybridized carbons (Fsp3) is 0.417. The van der Waals surface area contributed by atoms with Gasteiger partial charge in [-0.15, -0.1) is 0 Å². The van der Waals surface area contributed by atoms with E-state index in [2.05, 4.69) is 15.2 Å². The van der Waals surface area contributed by atoms with Crippen LogP contribution < -0.4 is 16.0 Å². The first-order valence-corrected chi connectivity index (χ1v) is 6.15. The molecule has 0 spiro atoms. The Morgan fingerprint density at radius 3 is 3.11 bits per heavy atom. The molecule has 7 nitrogen and oxygen atoms in total. The van der Waals surface area contributed by atoms with Crippen LogP contribution in [0, 0.1) is 11.3 Å². The van der Waals surface area contributed by atoms with Crippen molar-refractivity contribution in [3.63, 3.8) is 0 Å². The first-order chi connectivity index (χ1) is 9.19. The zero-order valence-corrected chi connectivity index (χ0v) is 10.3. The second kappa shape index (κ2) is 4.31. The molecule has 0 bridgehead atoms. The van der Waals surface area contributed by atoms with Crippen LogP contribution in [0.15, 0.2) is 12.1 Å². The average Bonchev–Trinajstić information content (AvgIpc) is 2.80. The number of amides is 2. The largest absolute Gasteiger partial charge is 0.396 e. The molecule has 0 aromatic carbocycles. The Morgan fingerprint density at radius 2 is 2.32 bits per heavy atom. The zero-order valence-electron chi connectivity index (χ0n) is 10.3. The van der Waals surface area contributed by atoms with Gasteiger partial charge in [0, 0.05) is 26.2 Å². The highest BCUT2D eigenvalue weighted by Gasteiger charge is 2.35. The molecule has 1 aromatic rings. The van der Waals surface area contributed by atoms with E-state index in [0.717, 1.165) is 12.4 Å². The number of rotatable bonds is 1. The lowest BCUT2D eigenvalue weighted by Crippen LogP contribution is -2.52. The normalized spacial score (nSPS) is 21.8. The summed E-state index contributed by atoms with van der Waals surface area (Å²) >= 11 is 0. The smallest absolute Gasteiger partial charge is 0.317 e. The molecule has 1 unspecified atom stereocenters. The van der Waals surface area contributed by atoms with Gasteiger partial charge in [-0.05, 0) is 12.1 Å². The highest BCUT2D eigenvalue weighted by atomic mass is 16.2. The van der Waals surface area contributed by atoms with Crippen LogP contribution in [0.5, 0.6) is 0 Å². The van der Waals surface area contributed by atoms with Crippen molar-refractivity contribution in [3.8, 4) is 6.07 Å². The maximum Gasteiger partial charge on any atom is 0.317 e. The van der Waals surface area contributed by atoms with Crippen molar-refractivity contribution in [2.45, 2.75) is 6.04 Å². The van der Waals surface area contributed by atoms with Crippen molar-refractivity contribution in [3.05, 3.63) is 17.8 Å². The van der Waals surface area contributed by atoms with Crippen LogP contribution in [0.25, 0.3) is 0 Å². The number of nitrogen functional groups attached to an aromatic ring is 1. The van der Waals surface area contributed by atoms with Crippen LogP contribution in [0.3, 0.4) is 0 Å². The van der Waals surface area contributed by atoms with E-state index in [0.29, 0.717) is 25.3 Å². The Bertz CT molecular complexity index is 566. The van der Waals surface area contributed by atoms with Crippen LogP contribution in [0.2, 0.25) is 0 Å². The minimum atomic E-state index is 0.00706. The Labute approximate surface area is 110 Å². The van der Waals surface area contributed by atoms with E-state index in [9.17, 15) is 4.79 Å². The average molecular weight is 258 g/mol. The first-order valence-electron chi connectivity index (χ1n) is 6.15. The SMILES string of the molecule is N#Cc1nc(N2CCN3C(=O)NCC3C2)ccc1N. The molecule has 1 aromatic heterocycles. The standard InChI is InChI=1S/C12H14N6O/c13-5-10-9(14)1-2-11(16-10)17-3-4-18-8(7-17)6-15-12(18)19/h1-2,8H,3-4,6-7,14H2,(H,15,19). The van der Waals surface area contributed by atoms with Crippen molar-refractivity contribution in [1.82, 2.24) is 15.2 Å². The molecule has 3 rings (SSSR count). The van der Waals surface area contributed by atoms with Crippen molar-refractivity contribution in [1.29, 1.82) is 5.26 Å². The summed E-state index contributed by atoms with van der Waals surface area (Å²) in [6.45, 7) is 2.77. The van der Waals surface area contributed by atoms with E-state index in [1.807, 2.05) is 17.0 Å². The number of hydrogen-bond acceptors (Lipinski definition) is 5. The minimum absolute atomic E-state index is 0.00706. The van der Waals surface area contributed by atoms with Gasteiger partial charge in [0.1, 0.15) is 11.9 Å². The summed E-state index contributed by atoms with van der Waals surface area (Å²) in [7, 11) is 0. The number of carbonyl (C=O) groups is 1. The summed E-state index contributed by atoms with van der Waals surface area (Å²) in [5.41, 5.74) is 6.31. The molecule has 19 heavy (non-hydrogen) atoms. The monoisotopic (exact) mass is 258 g/mol. The Morgan fingerprint density at radius 1 is 1.47 bits per heavy atom. The summed E-state index contributed by atoms with van der Waals surface area (Å²) in [6.07, 6.45) is 0. The van der Waals surface area contributed by atoms with E-state index in [1.54, 1.807) is 6.07 Å². The number of nitrogens with two attached hydrogens (primary N) is 1. The van der Waals surface area contributed by atoms with E-state index in [1.165, 1.54) is 0 Å². The molecular weight excluding hydrogens is 244 g/mol. The topological polar surface area (TPSA) is 98.3 Å². The predicted molar refractivity (Wildman–Crippen MR) is 69.5 cm³/mol. The second-order valence-electron chi connectivity index (χ2n) is 4.70. The van der Waals surface area contributed by atoms with Crippen molar-refractivity contribution >= 4 is 17.5 Å². The number of nitrogens with zero attached hydrogens (tertiary/aromatic N) is 4. The van der Waals surface area contributed by atoms with Gasteiger partial charge in [0.25, 0.3) is 0 Å². The summed E-state index contributed by atoms with van der Waals surface area (Å²) in [4.78, 5) is 19.7. The third kappa shape index (κ3) is 1.91. The van der Waals surface area contributed by atoms with Crippen molar-refractivity contribution in [2.24, 2.45) is 0 Å². The lowest BCUT2D eigenvalue weighted by Gasteiger charge is -2.37. The maximum atomic E-state index is 11.5. The molecule has 3 heterocycles. The summed E-state index contributed by atoms with van der Waals surface area (Å²) in [6, 6.07) is 5.68. The van der Waals surface area contributed by atoms with Gasteiger partial charge in [-0.25, -0.2) is 9.78 Å². The van der Waals surface area contributed by atoms with Crippen LogP contribution in [-0.4, -0.2) is 48.1 Å². The number of fused-ring (bicyclic) bond motifs is 1. The molecule has 2 saturated heterocycles. The molecular formula is C12H14N6O. The van der Waals surface area contributed by atoms with E-state index in [-0.39, 0.29) is 17.8 Å². The zero-order chi connectivity index (χ0) is 13.4.